The van der Waals surface area contributed by atoms with Crippen LogP contribution in [0.25, 0.3) is 98.4 Å². The van der Waals surface area contributed by atoms with Gasteiger partial charge in [-0.2, -0.15) is 0 Å². The van der Waals surface area contributed by atoms with Crippen molar-refractivity contribution in [3.05, 3.63) is 170 Å². The van der Waals surface area contributed by atoms with Gasteiger partial charge in [0.05, 0.1) is 17.8 Å². The van der Waals surface area contributed by atoms with Crippen LogP contribution in [0.4, 0.5) is 0 Å². The Labute approximate surface area is 290 Å². The molecule has 0 aliphatic carbocycles. The van der Waals surface area contributed by atoms with Crippen LogP contribution >= 0.6 is 0 Å². The van der Waals surface area contributed by atoms with E-state index in [2.05, 4.69) is 0 Å². The first-order chi connectivity index (χ1) is 28.7. The van der Waals surface area contributed by atoms with Crippen molar-refractivity contribution >= 4 is 65.0 Å². The number of furan rings is 1. The third-order valence-electron chi connectivity index (χ3n) is 8.79. The molecule has 47 heavy (non-hydrogen) atoms. The van der Waals surface area contributed by atoms with Crippen molar-refractivity contribution in [1.82, 2.24) is 0 Å². The van der Waals surface area contributed by atoms with Crippen molar-refractivity contribution in [2.24, 2.45) is 0 Å². The molecule has 0 bridgehead atoms. The lowest BCUT2D eigenvalue weighted by Gasteiger charge is -2.18. The molecule has 1 nitrogen and oxygen atoms in total. The van der Waals surface area contributed by atoms with Crippen LogP contribution in [-0.2, 0) is 0 Å². The maximum absolute atomic E-state index is 9.46. The summed E-state index contributed by atoms with van der Waals surface area (Å²) in [7, 11) is 0. The average Bonchev–Trinajstić information content (AvgIpc) is 3.66. The molecule has 10 rings (SSSR count). The lowest BCUT2D eigenvalue weighted by atomic mass is 9.84. The van der Waals surface area contributed by atoms with Crippen molar-refractivity contribution in [3.8, 4) is 33.4 Å². The SMILES string of the molecule is [2H]c1c([2H])c(-c2c3ccccc3c(-c3c([2H])c([2H])c([2H])c4oc5c([2H])c6c([2H])c([2H])c([2H])c([2H])c6c([2H])c5c34)c3ccccc23)c([2H])c([2H])c1-c1ccc2ccccc2c1. The van der Waals surface area contributed by atoms with E-state index in [1.54, 1.807) is 54.6 Å². The predicted molar refractivity (Wildman–Crippen MR) is 200 cm³/mol. The summed E-state index contributed by atoms with van der Waals surface area (Å²) in [6.07, 6.45) is 0. The number of hydrogen-bond acceptors (Lipinski definition) is 1. The summed E-state index contributed by atoms with van der Waals surface area (Å²) in [4.78, 5) is 0. The van der Waals surface area contributed by atoms with Gasteiger partial charge in [-0.1, -0.05) is 145 Å². The predicted octanol–water partition coefficient (Wildman–Crippen LogP) is 13.2. The second kappa shape index (κ2) is 10.2. The number of fused-ring (bicyclic) bond motifs is 7. The molecule has 0 aliphatic heterocycles. The van der Waals surface area contributed by atoms with Crippen LogP contribution in [0.5, 0.6) is 0 Å². The van der Waals surface area contributed by atoms with E-state index in [9.17, 15) is 8.22 Å². The molecular formula is C46H28O. The molecule has 0 fully saturated rings. The standard InChI is InChI=1S/C46H28O/c1-2-11-32-26-35(25-22-29(32)10-1)30-20-23-31(24-21-30)44-36-14-5-7-16-38(36)45(39-17-8-6-15-37(39)44)40-18-9-19-42-46(40)41-27-33-12-3-4-13-34(33)28-43(41)47-42/h1-28H/i3D,4D,9D,12D,13D,18D,19D,20D,21D,23D,24D,27D,28D. The van der Waals surface area contributed by atoms with Crippen LogP contribution in [-0.4, -0.2) is 0 Å². The fourth-order valence-corrected chi connectivity index (χ4v) is 6.70. The highest BCUT2D eigenvalue weighted by Gasteiger charge is 2.20. The Hall–Kier alpha value is -6.18. The lowest BCUT2D eigenvalue weighted by molar-refractivity contribution is 0.669. The van der Waals surface area contributed by atoms with E-state index in [-0.39, 0.29) is 85.7 Å². The summed E-state index contributed by atoms with van der Waals surface area (Å²) in [5.74, 6) is 0. The summed E-state index contributed by atoms with van der Waals surface area (Å²) in [6.45, 7) is 0. The van der Waals surface area contributed by atoms with Crippen LogP contribution in [0.1, 0.15) is 17.8 Å². The van der Waals surface area contributed by atoms with Gasteiger partial charge in [0, 0.05) is 10.8 Å². The van der Waals surface area contributed by atoms with Crippen LogP contribution in [0.2, 0.25) is 0 Å². The zero-order valence-corrected chi connectivity index (χ0v) is 24.6. The lowest BCUT2D eigenvalue weighted by Crippen LogP contribution is -1.91. The highest BCUT2D eigenvalue weighted by molar-refractivity contribution is 6.26. The molecule has 9 aromatic carbocycles. The Morgan fingerprint density at radius 2 is 1.02 bits per heavy atom. The highest BCUT2D eigenvalue weighted by Crippen LogP contribution is 2.47. The Morgan fingerprint density at radius 1 is 0.404 bits per heavy atom. The maximum atomic E-state index is 9.46. The summed E-state index contributed by atoms with van der Waals surface area (Å²) < 4.78 is 124. The average molecular weight is 610 g/mol. The van der Waals surface area contributed by atoms with E-state index in [1.807, 2.05) is 36.4 Å². The summed E-state index contributed by atoms with van der Waals surface area (Å²) >= 11 is 0. The van der Waals surface area contributed by atoms with Gasteiger partial charge in [0.15, 0.2) is 0 Å². The molecule has 0 spiro atoms. The Morgan fingerprint density at radius 3 is 1.74 bits per heavy atom. The molecule has 0 aliphatic rings. The minimum absolute atomic E-state index is 0.0503. The van der Waals surface area contributed by atoms with Gasteiger partial charge in [0.25, 0.3) is 0 Å². The molecule has 218 valence electrons. The number of rotatable bonds is 3. The van der Waals surface area contributed by atoms with Crippen LogP contribution in [0, 0.1) is 0 Å². The fraction of sp³-hybridized carbons (Fsp3) is 0. The van der Waals surface area contributed by atoms with E-state index in [4.69, 9.17) is 14.0 Å². The largest absolute Gasteiger partial charge is 0.456 e. The molecule has 0 unspecified atom stereocenters. The molecular weight excluding hydrogens is 569 g/mol. The van der Waals surface area contributed by atoms with Crippen molar-refractivity contribution in [2.75, 3.05) is 0 Å². The molecule has 1 heterocycles. The topological polar surface area (TPSA) is 13.1 Å². The maximum Gasteiger partial charge on any atom is 0.136 e. The van der Waals surface area contributed by atoms with E-state index in [0.29, 0.717) is 38.2 Å². The molecule has 1 heteroatoms. The van der Waals surface area contributed by atoms with Crippen molar-refractivity contribution in [3.63, 3.8) is 0 Å². The van der Waals surface area contributed by atoms with Gasteiger partial charge >= 0.3 is 0 Å². The fourth-order valence-electron chi connectivity index (χ4n) is 6.70. The normalized spacial score (nSPS) is 15.7. The zero-order valence-electron chi connectivity index (χ0n) is 37.6. The first-order valence-electron chi connectivity index (χ1n) is 21.6. The summed E-state index contributed by atoms with van der Waals surface area (Å²) in [6, 6.07) is 22.1. The Balaban J connectivity index is 1.35. The summed E-state index contributed by atoms with van der Waals surface area (Å²) in [5.41, 5.74) is 1.22. The van der Waals surface area contributed by atoms with Crippen molar-refractivity contribution in [2.45, 2.75) is 0 Å². The molecule has 1 aromatic heterocycles. The molecule has 0 N–H and O–H groups in total. The van der Waals surface area contributed by atoms with Crippen molar-refractivity contribution in [1.29, 1.82) is 0 Å². The quantitative estimate of drug-likeness (QED) is 0.182. The molecule has 0 saturated heterocycles. The van der Waals surface area contributed by atoms with Gasteiger partial charge in [-0.05, 0) is 101 Å². The monoisotopic (exact) mass is 609 g/mol. The van der Waals surface area contributed by atoms with E-state index < -0.39 is 42.3 Å². The molecule has 10 aromatic rings. The van der Waals surface area contributed by atoms with Gasteiger partial charge in [0.1, 0.15) is 11.2 Å². The highest BCUT2D eigenvalue weighted by atomic mass is 16.3. The van der Waals surface area contributed by atoms with Crippen LogP contribution in [0.3, 0.4) is 0 Å². The van der Waals surface area contributed by atoms with E-state index in [0.717, 1.165) is 10.8 Å². The first-order valence-corrected chi connectivity index (χ1v) is 15.1. The third-order valence-corrected chi connectivity index (χ3v) is 8.79. The van der Waals surface area contributed by atoms with Gasteiger partial charge in [-0.3, -0.25) is 0 Å². The first kappa shape index (κ1) is 16.4. The van der Waals surface area contributed by atoms with Gasteiger partial charge < -0.3 is 4.42 Å². The smallest absolute Gasteiger partial charge is 0.136 e. The Bertz CT molecular complexity index is 3510. The van der Waals surface area contributed by atoms with Crippen LogP contribution < -0.4 is 0 Å². The van der Waals surface area contributed by atoms with Gasteiger partial charge in [-0.15, -0.1) is 0 Å². The molecule has 0 radical (unpaired) electrons. The number of hydrogen-bond donors (Lipinski definition) is 0. The van der Waals surface area contributed by atoms with Gasteiger partial charge in [0.2, 0.25) is 0 Å². The Kier molecular flexibility index (Phi) is 3.55. The second-order valence-electron chi connectivity index (χ2n) is 11.4. The van der Waals surface area contributed by atoms with Crippen molar-refractivity contribution < 1.29 is 22.2 Å². The summed E-state index contributed by atoms with van der Waals surface area (Å²) in [5, 5.41) is 3.39. The van der Waals surface area contributed by atoms with Crippen LogP contribution in [0.15, 0.2) is 174 Å². The zero-order chi connectivity index (χ0) is 42.2. The van der Waals surface area contributed by atoms with Gasteiger partial charge in [-0.25, -0.2) is 0 Å². The third kappa shape index (κ3) is 4.03. The minimum Gasteiger partial charge on any atom is -0.456 e. The molecule has 0 amide bonds. The van der Waals surface area contributed by atoms with E-state index >= 15 is 0 Å². The molecule has 0 saturated carbocycles. The number of benzene rings is 9. The molecule has 0 atom stereocenters. The van der Waals surface area contributed by atoms with E-state index in [1.165, 1.54) is 0 Å². The second-order valence-corrected chi connectivity index (χ2v) is 11.4. The minimum atomic E-state index is -0.587.